The molecule has 2 aromatic carbocycles. The van der Waals surface area contributed by atoms with Crippen molar-refractivity contribution >= 4 is 50.5 Å². The number of rotatable bonds is 5. The Morgan fingerprint density at radius 2 is 1.71 bits per heavy atom. The van der Waals surface area contributed by atoms with Gasteiger partial charge in [-0.2, -0.15) is 5.10 Å². The summed E-state index contributed by atoms with van der Waals surface area (Å²) < 4.78 is 6.29. The Morgan fingerprint density at radius 3 is 2.40 bits per heavy atom. The first-order chi connectivity index (χ1) is 16.9. The maximum absolute atomic E-state index is 13.4. The molecule has 0 aliphatic rings. The van der Waals surface area contributed by atoms with E-state index in [-0.39, 0.29) is 5.56 Å². The van der Waals surface area contributed by atoms with E-state index in [2.05, 4.69) is 28.9 Å². The number of aryl methyl sites for hydroxylation is 1. The molecule has 6 nitrogen and oxygen atoms in total. The standard InChI is InChI=1S/C26H22BrN5OS2/c1-17-9-14-22(35-17)15-28-31-23(19-10-12-20(27)13-11-19)16-34-26(31)29-24-18(2)30(3)32(25(24)33)21-7-5-4-6-8-21/h4-16H,1-3H3. The van der Waals surface area contributed by atoms with Crippen LogP contribution in [0.3, 0.4) is 0 Å². The Labute approximate surface area is 218 Å². The number of aromatic nitrogens is 3. The first-order valence-corrected chi connectivity index (χ1v) is 13.4. The minimum absolute atomic E-state index is 0.167. The minimum atomic E-state index is -0.167. The number of hydrogen-bond acceptors (Lipinski definition) is 5. The maximum atomic E-state index is 13.4. The van der Waals surface area contributed by atoms with Crippen molar-refractivity contribution in [2.75, 3.05) is 0 Å². The highest BCUT2D eigenvalue weighted by molar-refractivity contribution is 9.10. The third-order valence-corrected chi connectivity index (χ3v) is 7.90. The SMILES string of the molecule is Cc1ccc(C=Nn2c(-c3ccc(Br)cc3)csc2=Nc2c(C)n(C)n(-c3ccccc3)c2=O)s1. The van der Waals surface area contributed by atoms with E-state index in [0.29, 0.717) is 10.5 Å². The molecule has 0 atom stereocenters. The Kier molecular flexibility index (Phi) is 6.55. The zero-order chi connectivity index (χ0) is 24.5. The molecule has 5 aromatic rings. The predicted octanol–water partition coefficient (Wildman–Crippen LogP) is 6.26. The Morgan fingerprint density at radius 1 is 0.971 bits per heavy atom. The third-order valence-electron chi connectivity index (χ3n) is 5.62. The van der Waals surface area contributed by atoms with Crippen molar-refractivity contribution in [1.29, 1.82) is 0 Å². The lowest BCUT2D eigenvalue weighted by atomic mass is 10.2. The molecular weight excluding hydrogens is 542 g/mol. The smallest absolute Gasteiger partial charge is 0.283 e. The van der Waals surface area contributed by atoms with Crippen molar-refractivity contribution < 1.29 is 0 Å². The fourth-order valence-corrected chi connectivity index (χ4v) is 5.57. The Balaban J connectivity index is 1.69. The molecule has 0 amide bonds. The molecule has 0 aliphatic carbocycles. The van der Waals surface area contributed by atoms with Gasteiger partial charge in [-0.3, -0.25) is 9.48 Å². The Bertz CT molecular complexity index is 1650. The molecule has 5 rings (SSSR count). The molecule has 35 heavy (non-hydrogen) atoms. The van der Waals surface area contributed by atoms with Crippen molar-refractivity contribution in [1.82, 2.24) is 14.0 Å². The van der Waals surface area contributed by atoms with Crippen LogP contribution >= 0.6 is 38.6 Å². The lowest BCUT2D eigenvalue weighted by Crippen LogP contribution is -2.19. The van der Waals surface area contributed by atoms with Gasteiger partial charge in [-0.05, 0) is 50.2 Å². The summed E-state index contributed by atoms with van der Waals surface area (Å²) in [5.41, 5.74) is 3.72. The molecule has 176 valence electrons. The zero-order valence-corrected chi connectivity index (χ0v) is 22.6. The number of halogens is 1. The van der Waals surface area contributed by atoms with E-state index in [9.17, 15) is 4.79 Å². The molecule has 0 saturated heterocycles. The molecule has 0 unspecified atom stereocenters. The first kappa shape index (κ1) is 23.5. The molecule has 0 saturated carbocycles. The molecule has 0 spiro atoms. The number of benzene rings is 2. The van der Waals surface area contributed by atoms with Gasteiger partial charge in [-0.25, -0.2) is 14.4 Å². The van der Waals surface area contributed by atoms with Crippen LogP contribution in [0.5, 0.6) is 0 Å². The molecule has 3 aromatic heterocycles. The summed E-state index contributed by atoms with van der Waals surface area (Å²) in [6.07, 6.45) is 1.84. The van der Waals surface area contributed by atoms with Crippen LogP contribution in [0.15, 0.2) is 91.5 Å². The normalized spacial score (nSPS) is 12.2. The van der Waals surface area contributed by atoms with Gasteiger partial charge in [0, 0.05) is 32.2 Å². The van der Waals surface area contributed by atoms with Gasteiger partial charge in [-0.15, -0.1) is 22.7 Å². The van der Waals surface area contributed by atoms with Gasteiger partial charge in [0.2, 0.25) is 4.80 Å². The summed E-state index contributed by atoms with van der Waals surface area (Å²) in [5, 5.41) is 6.80. The van der Waals surface area contributed by atoms with Gasteiger partial charge >= 0.3 is 0 Å². The summed E-state index contributed by atoms with van der Waals surface area (Å²) in [5.74, 6) is 0. The van der Waals surface area contributed by atoms with Gasteiger partial charge in [0.1, 0.15) is 0 Å². The van der Waals surface area contributed by atoms with Gasteiger partial charge in [0.15, 0.2) is 5.69 Å². The fourth-order valence-electron chi connectivity index (χ4n) is 3.72. The van der Waals surface area contributed by atoms with Gasteiger partial charge in [0.25, 0.3) is 5.56 Å². The van der Waals surface area contributed by atoms with Crippen molar-refractivity contribution in [3.05, 3.63) is 107 Å². The predicted molar refractivity (Wildman–Crippen MR) is 148 cm³/mol. The lowest BCUT2D eigenvalue weighted by molar-refractivity contribution is 0.630. The van der Waals surface area contributed by atoms with Crippen LogP contribution < -0.4 is 10.4 Å². The number of thiazole rings is 1. The van der Waals surface area contributed by atoms with Crippen LogP contribution in [0, 0.1) is 13.8 Å². The van der Waals surface area contributed by atoms with Crippen molar-refractivity contribution in [2.45, 2.75) is 13.8 Å². The van der Waals surface area contributed by atoms with Crippen LogP contribution in [0.25, 0.3) is 16.9 Å². The quantitative estimate of drug-likeness (QED) is 0.233. The van der Waals surface area contributed by atoms with E-state index in [1.807, 2.05) is 95.6 Å². The largest absolute Gasteiger partial charge is 0.297 e. The first-order valence-electron chi connectivity index (χ1n) is 10.9. The summed E-state index contributed by atoms with van der Waals surface area (Å²) in [6.45, 7) is 3.98. The van der Waals surface area contributed by atoms with E-state index >= 15 is 0 Å². The second-order valence-electron chi connectivity index (χ2n) is 7.94. The molecule has 9 heteroatoms. The molecule has 0 radical (unpaired) electrons. The van der Waals surface area contributed by atoms with Crippen LogP contribution in [0.4, 0.5) is 5.69 Å². The van der Waals surface area contributed by atoms with Crippen molar-refractivity contribution in [3.63, 3.8) is 0 Å². The van der Waals surface area contributed by atoms with Gasteiger partial charge in [-0.1, -0.05) is 46.3 Å². The minimum Gasteiger partial charge on any atom is -0.283 e. The summed E-state index contributed by atoms with van der Waals surface area (Å²) in [7, 11) is 1.87. The Hall–Kier alpha value is -3.27. The monoisotopic (exact) mass is 563 g/mol. The number of hydrogen-bond donors (Lipinski definition) is 0. The number of para-hydroxylation sites is 1. The molecular formula is C26H22BrN5OS2. The molecule has 0 aliphatic heterocycles. The molecule has 0 bridgehead atoms. The summed E-state index contributed by atoms with van der Waals surface area (Å²) >= 11 is 6.64. The lowest BCUT2D eigenvalue weighted by Gasteiger charge is -2.07. The number of nitrogens with zero attached hydrogens (tertiary/aromatic N) is 5. The third kappa shape index (κ3) is 4.67. The van der Waals surface area contributed by atoms with Crippen LogP contribution in [0.1, 0.15) is 15.4 Å². The van der Waals surface area contributed by atoms with Crippen molar-refractivity contribution in [2.24, 2.45) is 17.1 Å². The second-order valence-corrected chi connectivity index (χ2v) is 11.0. The second kappa shape index (κ2) is 9.77. The highest BCUT2D eigenvalue weighted by atomic mass is 79.9. The van der Waals surface area contributed by atoms with E-state index in [1.165, 1.54) is 16.2 Å². The van der Waals surface area contributed by atoms with E-state index in [4.69, 9.17) is 10.1 Å². The maximum Gasteiger partial charge on any atom is 0.297 e. The molecule has 0 fully saturated rings. The fraction of sp³-hybridized carbons (Fsp3) is 0.115. The molecule has 3 heterocycles. The van der Waals surface area contributed by atoms with Crippen LogP contribution in [-0.4, -0.2) is 20.3 Å². The average Bonchev–Trinajstić information content (AvgIpc) is 3.52. The van der Waals surface area contributed by atoms with E-state index in [0.717, 1.165) is 32.0 Å². The topological polar surface area (TPSA) is 56.6 Å². The summed E-state index contributed by atoms with van der Waals surface area (Å²) in [4.78, 5) is 21.2. The summed E-state index contributed by atoms with van der Waals surface area (Å²) in [6, 6.07) is 21.8. The highest BCUT2D eigenvalue weighted by Gasteiger charge is 2.17. The zero-order valence-electron chi connectivity index (χ0n) is 19.3. The molecule has 0 N–H and O–H groups in total. The van der Waals surface area contributed by atoms with Gasteiger partial charge in [0.05, 0.1) is 23.3 Å². The van der Waals surface area contributed by atoms with Crippen LogP contribution in [0.2, 0.25) is 0 Å². The van der Waals surface area contributed by atoms with E-state index < -0.39 is 0 Å². The van der Waals surface area contributed by atoms with E-state index in [1.54, 1.807) is 16.0 Å². The van der Waals surface area contributed by atoms with Crippen LogP contribution in [-0.2, 0) is 7.05 Å². The van der Waals surface area contributed by atoms with Crippen molar-refractivity contribution in [3.8, 4) is 16.9 Å². The highest BCUT2D eigenvalue weighted by Crippen LogP contribution is 2.24. The number of thiophene rings is 1. The van der Waals surface area contributed by atoms with Gasteiger partial charge < -0.3 is 0 Å². The average molecular weight is 565 g/mol.